The predicted molar refractivity (Wildman–Crippen MR) is 76.3 cm³/mol. The molecule has 0 aliphatic heterocycles. The largest absolute Gasteiger partial charge is 0.388 e. The molecule has 94 valence electrons. The Morgan fingerprint density at radius 2 is 1.61 bits per heavy atom. The van der Waals surface area contributed by atoms with Crippen molar-refractivity contribution in [1.29, 1.82) is 0 Å². The van der Waals surface area contributed by atoms with E-state index in [0.717, 1.165) is 16.7 Å². The standard InChI is InChI=1S/C15H14Cl2O/c1-10-8-13(17)6-7-14(10)15(18)9-11-2-4-12(16)5-3-11/h2-8,15,18H,9H2,1H3. The smallest absolute Gasteiger partial charge is 0.0832 e. The molecule has 0 saturated carbocycles. The van der Waals surface area contributed by atoms with E-state index in [-0.39, 0.29) is 0 Å². The fourth-order valence-corrected chi connectivity index (χ4v) is 2.32. The second kappa shape index (κ2) is 5.75. The number of hydrogen-bond acceptors (Lipinski definition) is 1. The van der Waals surface area contributed by atoms with Crippen LogP contribution in [0.25, 0.3) is 0 Å². The lowest BCUT2D eigenvalue weighted by Crippen LogP contribution is -2.03. The van der Waals surface area contributed by atoms with Crippen molar-refractivity contribution in [3.05, 3.63) is 69.2 Å². The lowest BCUT2D eigenvalue weighted by atomic mass is 9.98. The maximum absolute atomic E-state index is 10.2. The Labute approximate surface area is 117 Å². The van der Waals surface area contributed by atoms with Gasteiger partial charge in [0.15, 0.2) is 0 Å². The fourth-order valence-electron chi connectivity index (χ4n) is 1.97. The van der Waals surface area contributed by atoms with Gasteiger partial charge in [0.2, 0.25) is 0 Å². The summed E-state index contributed by atoms with van der Waals surface area (Å²) in [6.07, 6.45) is 0.0445. The molecule has 0 heterocycles. The van der Waals surface area contributed by atoms with Crippen LogP contribution in [-0.2, 0) is 6.42 Å². The lowest BCUT2D eigenvalue weighted by Gasteiger charge is -2.14. The van der Waals surface area contributed by atoms with E-state index in [2.05, 4.69) is 0 Å². The van der Waals surface area contributed by atoms with Gasteiger partial charge in [-0.25, -0.2) is 0 Å². The molecule has 1 atom stereocenters. The normalized spacial score (nSPS) is 12.4. The third-order valence-electron chi connectivity index (χ3n) is 2.93. The van der Waals surface area contributed by atoms with Gasteiger partial charge in [-0.05, 0) is 47.9 Å². The minimum atomic E-state index is -0.525. The summed E-state index contributed by atoms with van der Waals surface area (Å²) in [6, 6.07) is 13.1. The molecule has 0 bridgehead atoms. The van der Waals surface area contributed by atoms with Crippen molar-refractivity contribution in [2.75, 3.05) is 0 Å². The quantitative estimate of drug-likeness (QED) is 0.873. The predicted octanol–water partition coefficient (Wildman–Crippen LogP) is 4.58. The molecule has 1 nitrogen and oxygen atoms in total. The van der Waals surface area contributed by atoms with E-state index >= 15 is 0 Å². The second-order valence-corrected chi connectivity index (χ2v) is 5.22. The third-order valence-corrected chi connectivity index (χ3v) is 3.42. The van der Waals surface area contributed by atoms with Crippen LogP contribution in [0.3, 0.4) is 0 Å². The monoisotopic (exact) mass is 280 g/mol. The first-order valence-electron chi connectivity index (χ1n) is 5.75. The first kappa shape index (κ1) is 13.4. The molecule has 2 aromatic rings. The number of benzene rings is 2. The van der Waals surface area contributed by atoms with Gasteiger partial charge in [0.05, 0.1) is 6.10 Å². The van der Waals surface area contributed by atoms with Crippen molar-refractivity contribution in [2.45, 2.75) is 19.4 Å². The minimum Gasteiger partial charge on any atom is -0.388 e. The molecular formula is C15H14Cl2O. The lowest BCUT2D eigenvalue weighted by molar-refractivity contribution is 0.178. The van der Waals surface area contributed by atoms with Crippen molar-refractivity contribution in [3.8, 4) is 0 Å². The van der Waals surface area contributed by atoms with Gasteiger partial charge in [-0.1, -0.05) is 41.4 Å². The van der Waals surface area contributed by atoms with Crippen LogP contribution in [-0.4, -0.2) is 5.11 Å². The van der Waals surface area contributed by atoms with Crippen LogP contribution in [0.1, 0.15) is 22.8 Å². The maximum atomic E-state index is 10.2. The number of aryl methyl sites for hydroxylation is 1. The van der Waals surface area contributed by atoms with Crippen LogP contribution in [0.4, 0.5) is 0 Å². The second-order valence-electron chi connectivity index (χ2n) is 4.35. The highest BCUT2D eigenvalue weighted by atomic mass is 35.5. The van der Waals surface area contributed by atoms with Crippen molar-refractivity contribution in [2.24, 2.45) is 0 Å². The van der Waals surface area contributed by atoms with Crippen molar-refractivity contribution < 1.29 is 5.11 Å². The van der Waals surface area contributed by atoms with E-state index in [4.69, 9.17) is 23.2 Å². The van der Waals surface area contributed by atoms with Crippen LogP contribution in [0.2, 0.25) is 10.0 Å². The minimum absolute atomic E-state index is 0.525. The van der Waals surface area contributed by atoms with E-state index < -0.39 is 6.10 Å². The van der Waals surface area contributed by atoms with Crippen LogP contribution in [0.15, 0.2) is 42.5 Å². The van der Waals surface area contributed by atoms with Gasteiger partial charge in [-0.2, -0.15) is 0 Å². The molecule has 0 aromatic heterocycles. The van der Waals surface area contributed by atoms with Crippen molar-refractivity contribution in [1.82, 2.24) is 0 Å². The Kier molecular flexibility index (Phi) is 4.28. The number of halogens is 2. The summed E-state index contributed by atoms with van der Waals surface area (Å²) in [5, 5.41) is 11.6. The van der Waals surface area contributed by atoms with E-state index in [9.17, 15) is 5.11 Å². The third kappa shape index (κ3) is 3.26. The van der Waals surface area contributed by atoms with Gasteiger partial charge >= 0.3 is 0 Å². The molecule has 1 N–H and O–H groups in total. The van der Waals surface area contributed by atoms with E-state index in [1.165, 1.54) is 0 Å². The van der Waals surface area contributed by atoms with Gasteiger partial charge in [-0.15, -0.1) is 0 Å². The molecule has 18 heavy (non-hydrogen) atoms. The molecule has 1 unspecified atom stereocenters. The van der Waals surface area contributed by atoms with Gasteiger partial charge in [0.1, 0.15) is 0 Å². The molecule has 0 aliphatic rings. The molecule has 0 fully saturated rings. The molecule has 0 spiro atoms. The summed E-state index contributed by atoms with van der Waals surface area (Å²) >= 11 is 11.7. The van der Waals surface area contributed by atoms with Gasteiger partial charge in [-0.3, -0.25) is 0 Å². The van der Waals surface area contributed by atoms with Gasteiger partial charge < -0.3 is 5.11 Å². The Hall–Kier alpha value is -1.02. The van der Waals surface area contributed by atoms with Crippen LogP contribution in [0.5, 0.6) is 0 Å². The zero-order valence-electron chi connectivity index (χ0n) is 10.0. The van der Waals surface area contributed by atoms with Crippen LogP contribution >= 0.6 is 23.2 Å². The van der Waals surface area contributed by atoms with Crippen molar-refractivity contribution >= 4 is 23.2 Å². The molecule has 0 amide bonds. The van der Waals surface area contributed by atoms with Gasteiger partial charge in [0.25, 0.3) is 0 Å². The molecular weight excluding hydrogens is 267 g/mol. The Bertz CT molecular complexity index is 535. The van der Waals surface area contributed by atoms with Crippen LogP contribution < -0.4 is 0 Å². The number of rotatable bonds is 3. The molecule has 2 rings (SSSR count). The number of hydrogen-bond donors (Lipinski definition) is 1. The summed E-state index contributed by atoms with van der Waals surface area (Å²) in [6.45, 7) is 1.95. The highest BCUT2D eigenvalue weighted by Gasteiger charge is 2.11. The summed E-state index contributed by atoms with van der Waals surface area (Å²) in [4.78, 5) is 0. The SMILES string of the molecule is Cc1cc(Cl)ccc1C(O)Cc1ccc(Cl)cc1. The molecule has 0 saturated heterocycles. The number of aliphatic hydroxyl groups is 1. The average Bonchev–Trinajstić information content (AvgIpc) is 2.32. The van der Waals surface area contributed by atoms with E-state index in [1.807, 2.05) is 43.3 Å². The Morgan fingerprint density at radius 3 is 2.22 bits per heavy atom. The average molecular weight is 281 g/mol. The van der Waals surface area contributed by atoms with Gasteiger partial charge in [0, 0.05) is 16.5 Å². The highest BCUT2D eigenvalue weighted by Crippen LogP contribution is 2.24. The molecule has 2 aromatic carbocycles. The Balaban J connectivity index is 2.16. The van der Waals surface area contributed by atoms with Crippen molar-refractivity contribution in [3.63, 3.8) is 0 Å². The summed E-state index contributed by atoms with van der Waals surface area (Å²) in [5.74, 6) is 0. The Morgan fingerprint density at radius 1 is 1.00 bits per heavy atom. The zero-order valence-corrected chi connectivity index (χ0v) is 11.5. The first-order valence-corrected chi connectivity index (χ1v) is 6.50. The summed E-state index contributed by atoms with van der Waals surface area (Å²) < 4.78 is 0. The van der Waals surface area contributed by atoms with E-state index in [0.29, 0.717) is 16.5 Å². The highest BCUT2D eigenvalue weighted by molar-refractivity contribution is 6.30. The maximum Gasteiger partial charge on any atom is 0.0832 e. The molecule has 0 radical (unpaired) electrons. The first-order chi connectivity index (χ1) is 8.56. The molecule has 0 aliphatic carbocycles. The summed E-state index contributed by atoms with van der Waals surface area (Å²) in [5.41, 5.74) is 2.97. The molecule has 3 heteroatoms. The zero-order chi connectivity index (χ0) is 13.1. The van der Waals surface area contributed by atoms with E-state index in [1.54, 1.807) is 6.07 Å². The van der Waals surface area contributed by atoms with Crippen LogP contribution in [0, 0.1) is 6.92 Å². The topological polar surface area (TPSA) is 20.2 Å². The fraction of sp³-hybridized carbons (Fsp3) is 0.200. The summed E-state index contributed by atoms with van der Waals surface area (Å²) in [7, 11) is 0. The number of aliphatic hydroxyl groups excluding tert-OH is 1.